The minimum Gasteiger partial charge on any atom is -0.481 e. The van der Waals surface area contributed by atoms with E-state index in [1.807, 2.05) is 13.2 Å². The molecule has 22 heavy (non-hydrogen) atoms. The molecule has 1 aromatic carbocycles. The van der Waals surface area contributed by atoms with Crippen molar-refractivity contribution in [3.05, 3.63) is 46.2 Å². The zero-order chi connectivity index (χ0) is 16.1. The minimum absolute atomic E-state index is 0.194. The van der Waals surface area contributed by atoms with Gasteiger partial charge >= 0.3 is 0 Å². The number of rotatable bonds is 6. The predicted octanol–water partition coefficient (Wildman–Crippen LogP) is 2.85. The predicted molar refractivity (Wildman–Crippen MR) is 86.5 cm³/mol. The van der Waals surface area contributed by atoms with Crippen LogP contribution in [0.15, 0.2) is 30.6 Å². The van der Waals surface area contributed by atoms with Crippen molar-refractivity contribution in [3.63, 3.8) is 0 Å². The highest BCUT2D eigenvalue weighted by molar-refractivity contribution is 6.34. The maximum atomic E-state index is 12.0. The Morgan fingerprint density at radius 1 is 1.36 bits per heavy atom. The summed E-state index contributed by atoms with van der Waals surface area (Å²) >= 11 is 11.8. The maximum absolute atomic E-state index is 12.0. The highest BCUT2D eigenvalue weighted by Crippen LogP contribution is 2.24. The second-order valence-electron chi connectivity index (χ2n) is 4.93. The molecular formula is C15H17Cl2N3O2. The van der Waals surface area contributed by atoms with Crippen molar-refractivity contribution in [3.8, 4) is 5.75 Å². The number of hydrogen-bond donors (Lipinski definition) is 1. The Kier molecular flexibility index (Phi) is 5.69. The van der Waals surface area contributed by atoms with Gasteiger partial charge in [-0.25, -0.2) is 0 Å². The average molecular weight is 342 g/mol. The van der Waals surface area contributed by atoms with Gasteiger partial charge in [0.1, 0.15) is 5.75 Å². The van der Waals surface area contributed by atoms with Crippen LogP contribution in [0, 0.1) is 0 Å². The number of benzene rings is 1. The molecule has 0 aliphatic heterocycles. The number of carbonyl (C=O) groups excluding carboxylic acids is 1. The van der Waals surface area contributed by atoms with Gasteiger partial charge in [0.2, 0.25) is 0 Å². The first-order chi connectivity index (χ1) is 10.4. The Hall–Kier alpha value is -1.72. The van der Waals surface area contributed by atoms with Crippen LogP contribution in [0.25, 0.3) is 0 Å². The number of ether oxygens (including phenoxy) is 1. The number of nitrogens with zero attached hydrogens (tertiary/aromatic N) is 2. The SMILES string of the molecule is CC(Oc1cc(Cl)cc(Cl)c1)C(=O)NCCc1cnn(C)c1. The van der Waals surface area contributed by atoms with Gasteiger partial charge in [0, 0.05) is 29.8 Å². The number of aryl methyl sites for hydroxylation is 1. The van der Waals surface area contributed by atoms with Crippen molar-refractivity contribution in [2.45, 2.75) is 19.4 Å². The summed E-state index contributed by atoms with van der Waals surface area (Å²) in [6.45, 7) is 2.20. The molecule has 1 unspecified atom stereocenters. The molecule has 0 fully saturated rings. The van der Waals surface area contributed by atoms with Crippen molar-refractivity contribution in [1.82, 2.24) is 15.1 Å². The van der Waals surface area contributed by atoms with E-state index in [1.54, 1.807) is 36.0 Å². The normalized spacial score (nSPS) is 12.0. The van der Waals surface area contributed by atoms with Gasteiger partial charge in [0.15, 0.2) is 6.10 Å². The Labute approximate surface area is 139 Å². The van der Waals surface area contributed by atoms with Crippen molar-refractivity contribution < 1.29 is 9.53 Å². The Morgan fingerprint density at radius 3 is 2.64 bits per heavy atom. The van der Waals surface area contributed by atoms with Crippen LogP contribution >= 0.6 is 23.2 Å². The van der Waals surface area contributed by atoms with Crippen LogP contribution in [0.4, 0.5) is 0 Å². The van der Waals surface area contributed by atoms with Crippen molar-refractivity contribution >= 4 is 29.1 Å². The number of halogens is 2. The molecule has 1 atom stereocenters. The van der Waals surface area contributed by atoms with Crippen LogP contribution < -0.4 is 10.1 Å². The van der Waals surface area contributed by atoms with E-state index < -0.39 is 6.10 Å². The van der Waals surface area contributed by atoms with Gasteiger partial charge in [-0.2, -0.15) is 5.10 Å². The molecule has 1 aromatic heterocycles. The molecule has 1 N–H and O–H groups in total. The zero-order valence-corrected chi connectivity index (χ0v) is 13.9. The summed E-state index contributed by atoms with van der Waals surface area (Å²) in [5.41, 5.74) is 1.07. The van der Waals surface area contributed by atoms with E-state index in [0.29, 0.717) is 22.3 Å². The molecule has 0 bridgehead atoms. The number of amides is 1. The molecular weight excluding hydrogens is 325 g/mol. The van der Waals surface area contributed by atoms with E-state index in [2.05, 4.69) is 10.4 Å². The lowest BCUT2D eigenvalue weighted by Gasteiger charge is -2.15. The van der Waals surface area contributed by atoms with Gasteiger partial charge < -0.3 is 10.1 Å². The van der Waals surface area contributed by atoms with Crippen LogP contribution in [-0.2, 0) is 18.3 Å². The molecule has 0 saturated carbocycles. The van der Waals surface area contributed by atoms with Gasteiger partial charge in [-0.1, -0.05) is 23.2 Å². The van der Waals surface area contributed by atoms with Gasteiger partial charge in [0.05, 0.1) is 6.20 Å². The number of carbonyl (C=O) groups is 1. The lowest BCUT2D eigenvalue weighted by atomic mass is 10.2. The molecule has 0 spiro atoms. The molecule has 0 radical (unpaired) electrons. The second-order valence-corrected chi connectivity index (χ2v) is 5.80. The summed E-state index contributed by atoms with van der Waals surface area (Å²) < 4.78 is 7.28. The monoisotopic (exact) mass is 341 g/mol. The van der Waals surface area contributed by atoms with Crippen molar-refractivity contribution in [2.75, 3.05) is 6.54 Å². The third-order valence-corrected chi connectivity index (χ3v) is 3.43. The van der Waals surface area contributed by atoms with E-state index in [0.717, 1.165) is 12.0 Å². The third-order valence-electron chi connectivity index (χ3n) is 2.99. The summed E-state index contributed by atoms with van der Waals surface area (Å²) in [6, 6.07) is 4.84. The fraction of sp³-hybridized carbons (Fsp3) is 0.333. The average Bonchev–Trinajstić information content (AvgIpc) is 2.83. The van der Waals surface area contributed by atoms with Gasteiger partial charge in [-0.3, -0.25) is 9.48 Å². The van der Waals surface area contributed by atoms with Crippen molar-refractivity contribution in [2.24, 2.45) is 7.05 Å². The smallest absolute Gasteiger partial charge is 0.260 e. The summed E-state index contributed by atoms with van der Waals surface area (Å²) in [5.74, 6) is 0.271. The lowest BCUT2D eigenvalue weighted by Crippen LogP contribution is -2.37. The first kappa shape index (κ1) is 16.6. The molecule has 0 aliphatic rings. The quantitative estimate of drug-likeness (QED) is 0.878. The van der Waals surface area contributed by atoms with Gasteiger partial charge in [0.25, 0.3) is 5.91 Å². The minimum atomic E-state index is -0.636. The highest BCUT2D eigenvalue weighted by Gasteiger charge is 2.14. The van der Waals surface area contributed by atoms with Gasteiger partial charge in [-0.05, 0) is 37.1 Å². The van der Waals surface area contributed by atoms with Crippen molar-refractivity contribution in [1.29, 1.82) is 0 Å². The van der Waals surface area contributed by atoms with E-state index >= 15 is 0 Å². The summed E-state index contributed by atoms with van der Waals surface area (Å²) in [6.07, 6.45) is 3.78. The molecule has 0 saturated heterocycles. The molecule has 5 nitrogen and oxygen atoms in total. The van der Waals surface area contributed by atoms with E-state index in [-0.39, 0.29) is 5.91 Å². The fourth-order valence-corrected chi connectivity index (χ4v) is 2.43. The molecule has 1 amide bonds. The van der Waals surface area contributed by atoms with Crippen LogP contribution in [-0.4, -0.2) is 28.3 Å². The largest absolute Gasteiger partial charge is 0.481 e. The summed E-state index contributed by atoms with van der Waals surface area (Å²) in [5, 5.41) is 7.83. The standard InChI is InChI=1S/C15H17Cl2N3O2/c1-10(22-14-6-12(16)5-13(17)7-14)15(21)18-4-3-11-8-19-20(2)9-11/h5-10H,3-4H2,1-2H3,(H,18,21). The molecule has 2 rings (SSSR count). The van der Waals surface area contributed by atoms with E-state index in [4.69, 9.17) is 27.9 Å². The number of hydrogen-bond acceptors (Lipinski definition) is 3. The van der Waals surface area contributed by atoms with Crippen LogP contribution in [0.3, 0.4) is 0 Å². The molecule has 0 aliphatic carbocycles. The Balaban J connectivity index is 1.81. The van der Waals surface area contributed by atoms with Crippen LogP contribution in [0.2, 0.25) is 10.0 Å². The number of aromatic nitrogens is 2. The maximum Gasteiger partial charge on any atom is 0.260 e. The van der Waals surface area contributed by atoms with Crippen LogP contribution in [0.1, 0.15) is 12.5 Å². The molecule has 7 heteroatoms. The molecule has 118 valence electrons. The fourth-order valence-electron chi connectivity index (χ4n) is 1.93. The third kappa shape index (κ3) is 4.93. The number of nitrogens with one attached hydrogen (secondary N) is 1. The lowest BCUT2D eigenvalue weighted by molar-refractivity contribution is -0.127. The first-order valence-electron chi connectivity index (χ1n) is 6.82. The van der Waals surface area contributed by atoms with E-state index in [1.165, 1.54) is 0 Å². The summed E-state index contributed by atoms with van der Waals surface area (Å²) in [7, 11) is 1.86. The van der Waals surface area contributed by atoms with Crippen LogP contribution in [0.5, 0.6) is 5.75 Å². The second kappa shape index (κ2) is 7.51. The first-order valence-corrected chi connectivity index (χ1v) is 7.57. The summed E-state index contributed by atoms with van der Waals surface area (Å²) in [4.78, 5) is 12.0. The van der Waals surface area contributed by atoms with Gasteiger partial charge in [-0.15, -0.1) is 0 Å². The molecule has 2 aromatic rings. The highest BCUT2D eigenvalue weighted by atomic mass is 35.5. The Morgan fingerprint density at radius 2 is 2.05 bits per heavy atom. The van der Waals surface area contributed by atoms with E-state index in [9.17, 15) is 4.79 Å². The Bertz CT molecular complexity index is 638. The molecule has 1 heterocycles. The zero-order valence-electron chi connectivity index (χ0n) is 12.3. The topological polar surface area (TPSA) is 56.1 Å².